The normalized spacial score (nSPS) is 30.1. The van der Waals surface area contributed by atoms with Crippen molar-refractivity contribution in [3.8, 4) is 17.5 Å². The van der Waals surface area contributed by atoms with Crippen molar-refractivity contribution >= 4 is 44.6 Å². The van der Waals surface area contributed by atoms with E-state index >= 15 is 0 Å². The zero-order valence-electron chi connectivity index (χ0n) is 30.5. The molecule has 1 aromatic heterocycles. The lowest BCUT2D eigenvalue weighted by atomic mass is 10.0. The molecule has 16 nitrogen and oxygen atoms in total. The average Bonchev–Trinajstić information content (AvgIpc) is 4.05. The van der Waals surface area contributed by atoms with E-state index in [4.69, 9.17) is 18.9 Å². The first-order valence-corrected chi connectivity index (χ1v) is 19.4. The van der Waals surface area contributed by atoms with Gasteiger partial charge < -0.3 is 39.6 Å². The van der Waals surface area contributed by atoms with Crippen molar-refractivity contribution in [2.45, 2.75) is 99.5 Å². The van der Waals surface area contributed by atoms with E-state index in [9.17, 15) is 37.1 Å². The molecule has 4 amide bonds. The third-order valence-electron chi connectivity index (χ3n) is 10.8. The van der Waals surface area contributed by atoms with Crippen LogP contribution in [0.2, 0.25) is 0 Å². The lowest BCUT2D eigenvalue weighted by molar-refractivity contribution is -0.145. The van der Waals surface area contributed by atoms with Crippen LogP contribution in [0.3, 0.4) is 0 Å². The van der Waals surface area contributed by atoms with E-state index in [2.05, 4.69) is 15.6 Å². The van der Waals surface area contributed by atoms with Crippen LogP contribution in [0.25, 0.3) is 10.8 Å². The number of hydrogen-bond donors (Lipinski definition) is 4. The highest BCUT2D eigenvalue weighted by molar-refractivity contribution is 7.91. The molecule has 0 unspecified atom stereocenters. The second-order valence-electron chi connectivity index (χ2n) is 14.4. The largest absolute Gasteiger partial charge is 0.497 e. The molecule has 54 heavy (non-hydrogen) atoms. The number of carboxylic acid groups (broad SMARTS) is 1. The number of nitrogens with one attached hydrogen (secondary N) is 3. The summed E-state index contributed by atoms with van der Waals surface area (Å²) in [4.78, 5) is 60.4. The summed E-state index contributed by atoms with van der Waals surface area (Å²) in [7, 11) is -1.45. The molecule has 18 heteroatoms. The van der Waals surface area contributed by atoms with Crippen LogP contribution >= 0.6 is 0 Å². The number of alkyl halides is 1. The summed E-state index contributed by atoms with van der Waals surface area (Å²) in [6.07, 6.45) is 1.14. The summed E-state index contributed by atoms with van der Waals surface area (Å²) in [6.45, 7) is 2.20. The third kappa shape index (κ3) is 7.62. The lowest BCUT2D eigenvalue weighted by Gasteiger charge is -2.33. The highest BCUT2D eigenvalue weighted by Crippen LogP contribution is 2.48. The quantitative estimate of drug-likeness (QED) is 0.257. The van der Waals surface area contributed by atoms with Gasteiger partial charge in [0.2, 0.25) is 33.6 Å². The number of aromatic nitrogens is 1. The van der Waals surface area contributed by atoms with Crippen molar-refractivity contribution in [2.24, 2.45) is 5.92 Å². The van der Waals surface area contributed by atoms with Crippen LogP contribution in [0.15, 0.2) is 36.4 Å². The van der Waals surface area contributed by atoms with Gasteiger partial charge in [-0.15, -0.1) is 0 Å². The van der Waals surface area contributed by atoms with Crippen LogP contribution in [0.1, 0.15) is 58.8 Å². The second kappa shape index (κ2) is 15.2. The first-order chi connectivity index (χ1) is 25.7. The first-order valence-electron chi connectivity index (χ1n) is 18.0. The Balaban J connectivity index is 1.36. The number of amides is 4. The maximum atomic E-state index is 14.5. The molecular formula is C36H46FN5O11S. The smallest absolute Gasteiger partial charge is 0.405 e. The van der Waals surface area contributed by atoms with Crippen LogP contribution in [-0.4, -0.2) is 115 Å². The molecule has 7 atom stereocenters. The summed E-state index contributed by atoms with van der Waals surface area (Å²) in [5, 5.41) is 16.1. The zero-order chi connectivity index (χ0) is 39.0. The third-order valence-corrected chi connectivity index (χ3v) is 12.9. The van der Waals surface area contributed by atoms with E-state index < -0.39 is 87.1 Å². The van der Waals surface area contributed by atoms with Crippen molar-refractivity contribution in [3.63, 3.8) is 0 Å². The topological polar surface area (TPSA) is 212 Å². The van der Waals surface area contributed by atoms with Gasteiger partial charge in [0.25, 0.3) is 5.91 Å². The number of rotatable bonds is 10. The Morgan fingerprint density at radius 1 is 1.19 bits per heavy atom. The molecular weight excluding hydrogens is 729 g/mol. The zero-order valence-corrected chi connectivity index (χ0v) is 31.3. The van der Waals surface area contributed by atoms with Gasteiger partial charge in [-0.2, -0.15) is 4.98 Å². The van der Waals surface area contributed by atoms with Gasteiger partial charge in [-0.1, -0.05) is 19.1 Å². The van der Waals surface area contributed by atoms with Crippen molar-refractivity contribution in [1.29, 1.82) is 0 Å². The molecule has 0 spiro atoms. The number of nitrogens with zero attached hydrogens (tertiary/aromatic N) is 2. The maximum absolute atomic E-state index is 14.5. The predicted molar refractivity (Wildman–Crippen MR) is 191 cm³/mol. The van der Waals surface area contributed by atoms with E-state index in [1.807, 2.05) is 4.72 Å². The van der Waals surface area contributed by atoms with Crippen LogP contribution in [0, 0.1) is 5.92 Å². The number of benzene rings is 1. The van der Waals surface area contributed by atoms with Crippen LogP contribution < -0.4 is 29.6 Å². The fraction of sp³-hybridized carbons (Fsp3) is 0.583. The molecule has 0 bridgehead atoms. The number of fused-ring (bicyclic) bond motifs is 3. The maximum Gasteiger partial charge on any atom is 0.405 e. The Labute approximate surface area is 312 Å². The van der Waals surface area contributed by atoms with Crippen LogP contribution in [0.5, 0.6) is 17.5 Å². The summed E-state index contributed by atoms with van der Waals surface area (Å²) >= 11 is 0. The van der Waals surface area contributed by atoms with Gasteiger partial charge >= 0.3 is 6.09 Å². The van der Waals surface area contributed by atoms with Crippen molar-refractivity contribution in [1.82, 2.24) is 25.2 Å². The monoisotopic (exact) mass is 775 g/mol. The molecule has 2 aromatic rings. The van der Waals surface area contributed by atoms with E-state index in [1.165, 1.54) is 19.1 Å². The summed E-state index contributed by atoms with van der Waals surface area (Å²) in [6, 6.07) is 4.20. The molecule has 2 saturated carbocycles. The lowest BCUT2D eigenvalue weighted by Crippen LogP contribution is -2.60. The molecule has 3 heterocycles. The van der Waals surface area contributed by atoms with Crippen molar-refractivity contribution < 1.29 is 56.0 Å². The molecule has 1 aromatic carbocycles. The van der Waals surface area contributed by atoms with E-state index in [0.29, 0.717) is 29.4 Å². The number of ether oxygens (including phenoxy) is 4. The molecule has 2 aliphatic carbocycles. The first kappa shape index (κ1) is 39.0. The van der Waals surface area contributed by atoms with E-state index in [1.54, 1.807) is 50.3 Å². The Hall–Kier alpha value is -4.71. The molecule has 2 aliphatic heterocycles. The Morgan fingerprint density at radius 2 is 1.94 bits per heavy atom. The van der Waals surface area contributed by atoms with Gasteiger partial charge in [0, 0.05) is 23.8 Å². The van der Waals surface area contributed by atoms with Gasteiger partial charge in [0.1, 0.15) is 40.9 Å². The second-order valence-corrected chi connectivity index (χ2v) is 16.5. The fourth-order valence-electron chi connectivity index (χ4n) is 7.25. The van der Waals surface area contributed by atoms with E-state index in [0.717, 1.165) is 0 Å². The molecule has 6 rings (SSSR count). The average molecular weight is 776 g/mol. The highest BCUT2D eigenvalue weighted by atomic mass is 32.2. The SMILES string of the molecule is CC[C@@H]1O[C@H](C)CC/C=C\[C@@H]2C[C@@]2(C(=O)NS(=O)(=O)C2(CF)CC2)NC(=O)[C@@H]2C[C@@H](Oc3nc(OC)cc4cc(OC)ccc34)CN2C(=O)[C@H]1NC(=O)O. The molecule has 4 N–H and O–H groups in total. The molecule has 3 fully saturated rings. The Kier molecular flexibility index (Phi) is 11.0. The molecule has 0 radical (unpaired) electrons. The van der Waals surface area contributed by atoms with Crippen LogP contribution in [0.4, 0.5) is 9.18 Å². The predicted octanol–water partition coefficient (Wildman–Crippen LogP) is 2.59. The number of allylic oxidation sites excluding steroid dienone is 1. The number of carbonyl (C=O) groups is 4. The number of halogens is 1. The van der Waals surface area contributed by atoms with Crippen LogP contribution in [-0.2, 0) is 29.1 Å². The van der Waals surface area contributed by atoms with Gasteiger partial charge in [-0.3, -0.25) is 19.1 Å². The molecule has 1 saturated heterocycles. The highest BCUT2D eigenvalue weighted by Gasteiger charge is 2.64. The van der Waals surface area contributed by atoms with Gasteiger partial charge in [0.05, 0.1) is 33.0 Å². The summed E-state index contributed by atoms with van der Waals surface area (Å²) < 4.78 is 63.7. The van der Waals surface area contributed by atoms with Gasteiger partial charge in [-0.05, 0) is 69.0 Å². The number of carbonyl (C=O) groups excluding carboxylic acids is 3. The Bertz CT molecular complexity index is 1940. The van der Waals surface area contributed by atoms with Crippen molar-refractivity contribution in [2.75, 3.05) is 27.4 Å². The summed E-state index contributed by atoms with van der Waals surface area (Å²) in [5.41, 5.74) is -1.71. The summed E-state index contributed by atoms with van der Waals surface area (Å²) in [5.74, 6) is -2.21. The number of sulfonamides is 1. The molecule has 4 aliphatic rings. The number of pyridine rings is 1. The van der Waals surface area contributed by atoms with Crippen molar-refractivity contribution in [3.05, 3.63) is 36.4 Å². The van der Waals surface area contributed by atoms with Gasteiger partial charge in [-0.25, -0.2) is 17.6 Å². The van der Waals surface area contributed by atoms with E-state index in [-0.39, 0.29) is 50.4 Å². The standard InChI is InChI=1S/C36H46FN5O11S/c1-5-27-29(39-34(46)47)32(44)42-18-24(53-31-25-11-10-23(50-3)14-21(25)15-28(38-31)51-4)16-26(42)30(43)40-36(17-22(36)9-7-6-8-20(2)52-27)33(45)41-54(48,49)35(19-37)12-13-35/h7,9-11,14-15,20,22,24,26-27,29,39H,5-6,8,12-13,16-19H2,1-4H3,(H,40,43)(H,41,45)(H,46,47)/b9-7-/t20-,22-,24-,26+,27+,29+,36-/m1/s1. The number of methoxy groups -OCH3 is 2. The fourth-order valence-corrected chi connectivity index (χ4v) is 8.67. The molecule has 294 valence electrons. The minimum atomic E-state index is -4.42. The van der Waals surface area contributed by atoms with Gasteiger partial charge in [0.15, 0.2) is 0 Å². The number of hydrogen-bond acceptors (Lipinski definition) is 11. The minimum absolute atomic E-state index is 0.0517. The minimum Gasteiger partial charge on any atom is -0.497 e. The Morgan fingerprint density at radius 3 is 2.59 bits per heavy atom.